The van der Waals surface area contributed by atoms with Gasteiger partial charge in [-0.2, -0.15) is 0 Å². The fraction of sp³-hybridized carbons (Fsp3) is 0.474. The summed E-state index contributed by atoms with van der Waals surface area (Å²) >= 11 is 6.45. The predicted molar refractivity (Wildman–Crippen MR) is 188 cm³/mol. The quantitative estimate of drug-likeness (QED) is 0.295. The molecule has 4 aliphatic rings. The van der Waals surface area contributed by atoms with Gasteiger partial charge in [0.05, 0.1) is 35.9 Å². The minimum absolute atomic E-state index is 0.129. The number of carbonyl (C=O) groups excluding carboxylic acids is 1. The third-order valence-electron chi connectivity index (χ3n) is 10.9. The van der Waals surface area contributed by atoms with E-state index in [-0.39, 0.29) is 17.4 Å². The molecule has 0 saturated heterocycles. The molecular formula is C38H44ClN3O5S. The smallest absolute Gasteiger partial charge is 0.264 e. The fourth-order valence-electron chi connectivity index (χ4n) is 8.14. The van der Waals surface area contributed by atoms with Gasteiger partial charge in [0.1, 0.15) is 5.75 Å². The molecule has 48 heavy (non-hydrogen) atoms. The number of nitrogens with zero attached hydrogens (tertiary/aromatic N) is 2. The molecule has 5 atom stereocenters. The molecule has 3 heterocycles. The largest absolute Gasteiger partial charge is 0.490 e. The number of halogens is 1. The molecule has 1 saturated carbocycles. The van der Waals surface area contributed by atoms with E-state index in [2.05, 4.69) is 38.9 Å². The van der Waals surface area contributed by atoms with Crippen LogP contribution >= 0.6 is 11.6 Å². The molecule has 2 bridgehead atoms. The molecule has 1 N–H and O–H groups in total. The number of nitrogens with one attached hydrogen (secondary N) is 1. The number of fused-ring (bicyclic) bond motifs is 4. The second-order valence-corrected chi connectivity index (χ2v) is 16.3. The first-order chi connectivity index (χ1) is 23.2. The van der Waals surface area contributed by atoms with Crippen molar-refractivity contribution in [2.24, 2.45) is 11.8 Å². The molecule has 0 radical (unpaired) electrons. The second kappa shape index (κ2) is 13.8. The zero-order valence-electron chi connectivity index (χ0n) is 27.4. The molecule has 2 aromatic carbocycles. The first kappa shape index (κ1) is 33.1. The molecule has 1 aromatic heterocycles. The Kier molecular flexibility index (Phi) is 9.55. The van der Waals surface area contributed by atoms with Gasteiger partial charge in [-0.3, -0.25) is 9.78 Å². The Morgan fingerprint density at radius 1 is 1.12 bits per heavy atom. The lowest BCUT2D eigenvalue weighted by Gasteiger charge is -2.46. The molecule has 254 valence electrons. The molecule has 10 heteroatoms. The standard InChI is InChI=1S/C38H44ClN3O5S/c1-2-31-10-3-4-11-35(46-23-30-9-5-6-19-40-30)32-15-12-28(32)22-42-24-38(18-7-8-26-20-29(39)14-16-33(26)38)25-47-36-17-13-27(21-34(36)42)37(43)41-48(31,44)45/h4-6,9,11,13-14,16-17,19-21,28,31-32,35H,2-3,7-8,10,12,15,18,22-25H2,1H3,(H,41,43)/b11-4+/t28-,31+,32+,35-,38-/m0/s1. The maximum Gasteiger partial charge on any atom is 0.264 e. The van der Waals surface area contributed by atoms with Gasteiger partial charge in [0.15, 0.2) is 0 Å². The molecule has 7 rings (SSSR count). The van der Waals surface area contributed by atoms with Gasteiger partial charge in [-0.1, -0.05) is 42.8 Å². The lowest BCUT2D eigenvalue weighted by molar-refractivity contribution is -0.0237. The maximum absolute atomic E-state index is 13.5. The lowest BCUT2D eigenvalue weighted by atomic mass is 9.68. The van der Waals surface area contributed by atoms with Crippen LogP contribution in [0, 0.1) is 11.8 Å². The number of sulfonamides is 1. The zero-order chi connectivity index (χ0) is 33.3. The van der Waals surface area contributed by atoms with Crippen molar-refractivity contribution in [3.63, 3.8) is 0 Å². The number of hydrogen-bond acceptors (Lipinski definition) is 7. The molecule has 1 amide bonds. The van der Waals surface area contributed by atoms with E-state index in [1.807, 2.05) is 43.3 Å². The van der Waals surface area contributed by atoms with E-state index >= 15 is 0 Å². The average molecular weight is 690 g/mol. The summed E-state index contributed by atoms with van der Waals surface area (Å²) in [7, 11) is -3.90. The normalized spacial score (nSPS) is 29.0. The van der Waals surface area contributed by atoms with E-state index in [1.54, 1.807) is 12.3 Å². The van der Waals surface area contributed by atoms with Crippen molar-refractivity contribution in [1.29, 1.82) is 0 Å². The zero-order valence-corrected chi connectivity index (χ0v) is 29.0. The van der Waals surface area contributed by atoms with E-state index in [0.29, 0.717) is 56.3 Å². The lowest BCUT2D eigenvalue weighted by Crippen LogP contribution is -2.49. The van der Waals surface area contributed by atoms with Crippen molar-refractivity contribution in [2.75, 3.05) is 24.6 Å². The number of hydrogen-bond donors (Lipinski definition) is 1. The van der Waals surface area contributed by atoms with Crippen molar-refractivity contribution in [3.05, 3.63) is 100 Å². The predicted octanol–water partition coefficient (Wildman–Crippen LogP) is 7.01. The molecule has 8 nitrogen and oxygen atoms in total. The number of amides is 1. The summed E-state index contributed by atoms with van der Waals surface area (Å²) in [4.78, 5) is 20.4. The van der Waals surface area contributed by atoms with Crippen LogP contribution in [0.15, 0.2) is 72.9 Å². The van der Waals surface area contributed by atoms with Crippen molar-refractivity contribution in [2.45, 2.75) is 81.7 Å². The molecule has 2 aliphatic heterocycles. The van der Waals surface area contributed by atoms with Gasteiger partial charge in [0.25, 0.3) is 5.91 Å². The van der Waals surface area contributed by atoms with Crippen molar-refractivity contribution in [3.8, 4) is 5.75 Å². The minimum atomic E-state index is -3.90. The summed E-state index contributed by atoms with van der Waals surface area (Å²) in [5, 5.41) is 0.0513. The Morgan fingerprint density at radius 2 is 2.02 bits per heavy atom. The van der Waals surface area contributed by atoms with Gasteiger partial charge < -0.3 is 14.4 Å². The van der Waals surface area contributed by atoms with Crippen molar-refractivity contribution < 1.29 is 22.7 Å². The molecule has 2 aliphatic carbocycles. The molecule has 1 fully saturated rings. The summed E-state index contributed by atoms with van der Waals surface area (Å²) in [5.41, 5.74) is 4.30. The van der Waals surface area contributed by atoms with Crippen LogP contribution in [0.25, 0.3) is 0 Å². The fourth-order valence-corrected chi connectivity index (χ4v) is 9.76. The number of aryl methyl sites for hydroxylation is 1. The maximum atomic E-state index is 13.5. The van der Waals surface area contributed by atoms with Gasteiger partial charge in [-0.05, 0) is 117 Å². The Hall–Kier alpha value is -3.40. The summed E-state index contributed by atoms with van der Waals surface area (Å²) < 4.78 is 42.4. The Balaban J connectivity index is 1.27. The van der Waals surface area contributed by atoms with E-state index < -0.39 is 21.2 Å². The Bertz CT molecular complexity index is 1780. The Morgan fingerprint density at radius 3 is 2.81 bits per heavy atom. The number of benzene rings is 2. The van der Waals surface area contributed by atoms with Crippen LogP contribution in [0.5, 0.6) is 5.75 Å². The van der Waals surface area contributed by atoms with Crippen LogP contribution in [0.2, 0.25) is 5.02 Å². The molecule has 1 spiro atoms. The minimum Gasteiger partial charge on any atom is -0.490 e. The Labute approximate surface area is 288 Å². The van der Waals surface area contributed by atoms with E-state index in [4.69, 9.17) is 21.1 Å². The number of pyridine rings is 1. The number of allylic oxidation sites excluding steroid dienone is 1. The highest BCUT2D eigenvalue weighted by Gasteiger charge is 2.44. The van der Waals surface area contributed by atoms with Crippen LogP contribution in [-0.4, -0.2) is 50.4 Å². The highest BCUT2D eigenvalue weighted by atomic mass is 35.5. The van der Waals surface area contributed by atoms with Crippen molar-refractivity contribution in [1.82, 2.24) is 9.71 Å². The highest BCUT2D eigenvalue weighted by molar-refractivity contribution is 7.90. The van der Waals surface area contributed by atoms with Crippen molar-refractivity contribution >= 4 is 33.2 Å². The second-order valence-electron chi connectivity index (χ2n) is 13.9. The van der Waals surface area contributed by atoms with Gasteiger partial charge in [0.2, 0.25) is 10.0 Å². The van der Waals surface area contributed by atoms with Gasteiger partial charge in [0, 0.05) is 35.3 Å². The van der Waals surface area contributed by atoms with E-state index in [1.165, 1.54) is 11.1 Å². The number of aromatic nitrogens is 1. The summed E-state index contributed by atoms with van der Waals surface area (Å²) in [6, 6.07) is 17.4. The van der Waals surface area contributed by atoms with Crippen LogP contribution in [-0.2, 0) is 33.2 Å². The van der Waals surface area contributed by atoms with E-state index in [9.17, 15) is 13.2 Å². The first-order valence-electron chi connectivity index (χ1n) is 17.3. The topological polar surface area (TPSA) is 97.8 Å². The third kappa shape index (κ3) is 6.74. The summed E-state index contributed by atoms with van der Waals surface area (Å²) in [5.74, 6) is 0.739. The van der Waals surface area contributed by atoms with Crippen LogP contribution in [0.1, 0.15) is 79.0 Å². The van der Waals surface area contributed by atoms with E-state index in [0.717, 1.165) is 55.1 Å². The third-order valence-corrected chi connectivity index (χ3v) is 13.1. The van der Waals surface area contributed by atoms with Gasteiger partial charge in [-0.15, -0.1) is 0 Å². The first-order valence-corrected chi connectivity index (χ1v) is 19.2. The van der Waals surface area contributed by atoms with Crippen LogP contribution < -0.4 is 14.4 Å². The van der Waals surface area contributed by atoms with Gasteiger partial charge >= 0.3 is 0 Å². The average Bonchev–Trinajstić information content (AvgIpc) is 3.21. The molecular weight excluding hydrogens is 646 g/mol. The highest BCUT2D eigenvalue weighted by Crippen LogP contribution is 2.47. The molecule has 3 aromatic rings. The van der Waals surface area contributed by atoms with Crippen LogP contribution in [0.3, 0.4) is 0 Å². The summed E-state index contributed by atoms with van der Waals surface area (Å²) in [6.45, 7) is 4.25. The number of ether oxygens (including phenoxy) is 2. The van der Waals surface area contributed by atoms with Crippen LogP contribution in [0.4, 0.5) is 5.69 Å². The monoisotopic (exact) mass is 689 g/mol. The molecule has 0 unspecified atom stereocenters. The number of rotatable bonds is 4. The van der Waals surface area contributed by atoms with Gasteiger partial charge in [-0.25, -0.2) is 13.1 Å². The number of carbonyl (C=O) groups is 1. The SMILES string of the molecule is CC[C@@H]1CC/C=C/[C@H](OCc2ccccn2)[C@@H]2CC[C@H]2CN2C[C@@]3(CCCc4cc(Cl)ccc43)COc3ccc(cc32)C(=O)NS1(=O)=O. The number of anilines is 1. The summed E-state index contributed by atoms with van der Waals surface area (Å²) in [6.07, 6.45) is 12.3.